The summed E-state index contributed by atoms with van der Waals surface area (Å²) in [5, 5.41) is 6.86. The Bertz CT molecular complexity index is 1020. The van der Waals surface area contributed by atoms with Gasteiger partial charge in [0, 0.05) is 37.7 Å². The Morgan fingerprint density at radius 1 is 1.30 bits per heavy atom. The monoisotopic (exact) mass is 416 g/mol. The van der Waals surface area contributed by atoms with Gasteiger partial charge in [0.1, 0.15) is 11.3 Å². The van der Waals surface area contributed by atoms with Crippen LogP contribution in [0.2, 0.25) is 0 Å². The van der Waals surface area contributed by atoms with Crippen LogP contribution in [-0.2, 0) is 4.74 Å². The normalized spacial score (nSPS) is 16.1. The summed E-state index contributed by atoms with van der Waals surface area (Å²) in [6, 6.07) is 5.01. The third kappa shape index (κ3) is 4.14. The number of carbonyl (C=O) groups is 1. The molecule has 1 N–H and O–H groups in total. The van der Waals surface area contributed by atoms with Crippen LogP contribution in [0.15, 0.2) is 36.8 Å². The van der Waals surface area contributed by atoms with E-state index in [0.717, 1.165) is 23.2 Å². The number of nitrogens with one attached hydrogen (secondary N) is 1. The molecule has 8 nitrogen and oxygen atoms in total. The fourth-order valence-electron chi connectivity index (χ4n) is 3.63. The molecule has 30 heavy (non-hydrogen) atoms. The van der Waals surface area contributed by atoms with Gasteiger partial charge in [0.05, 0.1) is 25.5 Å². The maximum absolute atomic E-state index is 13.3. The van der Waals surface area contributed by atoms with Crippen LogP contribution in [-0.4, -0.2) is 63.2 Å². The van der Waals surface area contributed by atoms with Crippen molar-refractivity contribution < 1.29 is 18.3 Å². The average Bonchev–Trinajstić information content (AvgIpc) is 3.18. The number of carbonyl (C=O) groups excluding carboxylic acids is 1. The highest BCUT2D eigenvalue weighted by Crippen LogP contribution is 2.23. The van der Waals surface area contributed by atoms with Crippen LogP contribution < -0.4 is 5.32 Å². The number of ether oxygens (including phenoxy) is 1. The number of morpholine rings is 1. The minimum absolute atomic E-state index is 0.0836. The molecule has 1 atom stereocenters. The van der Waals surface area contributed by atoms with Crippen LogP contribution >= 0.6 is 0 Å². The van der Waals surface area contributed by atoms with Gasteiger partial charge in [0.2, 0.25) is 0 Å². The number of aromatic nitrogens is 4. The van der Waals surface area contributed by atoms with E-state index in [4.69, 9.17) is 4.74 Å². The topological polar surface area (TPSA) is 84.7 Å². The van der Waals surface area contributed by atoms with Gasteiger partial charge < -0.3 is 10.1 Å². The molecular weight excluding hydrogens is 394 g/mol. The first-order valence-electron chi connectivity index (χ1n) is 9.68. The van der Waals surface area contributed by atoms with Crippen molar-refractivity contribution in [1.29, 1.82) is 0 Å². The highest BCUT2D eigenvalue weighted by Gasteiger charge is 2.25. The molecule has 3 aromatic heterocycles. The van der Waals surface area contributed by atoms with E-state index in [2.05, 4.69) is 25.3 Å². The summed E-state index contributed by atoms with van der Waals surface area (Å²) in [6.07, 6.45) is 2.03. The fourth-order valence-corrected chi connectivity index (χ4v) is 3.63. The van der Waals surface area contributed by atoms with Gasteiger partial charge in [-0.15, -0.1) is 0 Å². The molecular formula is C20H22F2N6O2. The first-order valence-corrected chi connectivity index (χ1v) is 9.68. The number of alkyl halides is 2. The van der Waals surface area contributed by atoms with Gasteiger partial charge in [0.25, 0.3) is 12.3 Å². The zero-order valence-corrected chi connectivity index (χ0v) is 16.5. The van der Waals surface area contributed by atoms with Crippen molar-refractivity contribution >= 4 is 11.6 Å². The van der Waals surface area contributed by atoms with Gasteiger partial charge in [-0.2, -0.15) is 5.10 Å². The Labute approximate surface area is 171 Å². The van der Waals surface area contributed by atoms with Gasteiger partial charge >= 0.3 is 0 Å². The van der Waals surface area contributed by atoms with Gasteiger partial charge in [-0.25, -0.2) is 18.3 Å². The Morgan fingerprint density at radius 3 is 2.80 bits per heavy atom. The molecule has 0 spiro atoms. The zero-order valence-electron chi connectivity index (χ0n) is 16.5. The summed E-state index contributed by atoms with van der Waals surface area (Å²) >= 11 is 0. The van der Waals surface area contributed by atoms with Crippen LogP contribution in [0.5, 0.6) is 0 Å². The number of aryl methyl sites for hydroxylation is 1. The molecule has 1 saturated heterocycles. The van der Waals surface area contributed by atoms with E-state index >= 15 is 0 Å². The highest BCUT2D eigenvalue weighted by molar-refractivity contribution is 5.99. The first kappa shape index (κ1) is 20.3. The summed E-state index contributed by atoms with van der Waals surface area (Å²) < 4.78 is 33.1. The predicted molar refractivity (Wildman–Crippen MR) is 104 cm³/mol. The van der Waals surface area contributed by atoms with Gasteiger partial charge in [-0.05, 0) is 24.6 Å². The van der Waals surface area contributed by atoms with Gasteiger partial charge in [-0.1, -0.05) is 6.07 Å². The number of hydrogen-bond donors (Lipinski definition) is 1. The molecule has 1 aliphatic heterocycles. The van der Waals surface area contributed by atoms with E-state index in [1.165, 1.54) is 12.3 Å². The maximum Gasteiger partial charge on any atom is 0.280 e. The first-order chi connectivity index (χ1) is 14.5. The molecule has 0 saturated carbocycles. The lowest BCUT2D eigenvalue weighted by atomic mass is 10.1. The zero-order chi connectivity index (χ0) is 21.1. The quantitative estimate of drug-likeness (QED) is 0.663. The number of nitrogens with zero attached hydrogens (tertiary/aromatic N) is 5. The van der Waals surface area contributed by atoms with Crippen molar-refractivity contribution in [1.82, 2.24) is 29.8 Å². The molecule has 0 aliphatic carbocycles. The number of hydrogen-bond acceptors (Lipinski definition) is 6. The number of pyridine rings is 1. The van der Waals surface area contributed by atoms with E-state index in [9.17, 15) is 13.6 Å². The molecule has 158 valence electrons. The molecule has 1 amide bonds. The fraction of sp³-hybridized carbons (Fsp3) is 0.400. The molecule has 0 bridgehead atoms. The van der Waals surface area contributed by atoms with Crippen LogP contribution in [0, 0.1) is 6.92 Å². The van der Waals surface area contributed by atoms with Crippen LogP contribution in [0.1, 0.15) is 39.8 Å². The third-order valence-electron chi connectivity index (χ3n) is 5.11. The van der Waals surface area contributed by atoms with Crippen molar-refractivity contribution in [3.63, 3.8) is 0 Å². The molecule has 3 aromatic rings. The van der Waals surface area contributed by atoms with E-state index in [1.807, 2.05) is 12.1 Å². The second-order valence-electron chi connectivity index (χ2n) is 7.08. The van der Waals surface area contributed by atoms with E-state index in [0.29, 0.717) is 25.5 Å². The summed E-state index contributed by atoms with van der Waals surface area (Å²) in [5.74, 6) is -0.412. The SMILES string of the molecule is Cc1cc(C(F)F)n2ncc(C(=O)NCC(c3cccnc3)N3CCOCC3)c2n1. The van der Waals surface area contributed by atoms with Crippen molar-refractivity contribution in [3.05, 3.63) is 59.3 Å². The van der Waals surface area contributed by atoms with E-state index < -0.39 is 12.3 Å². The molecule has 1 fully saturated rings. The lowest BCUT2D eigenvalue weighted by Crippen LogP contribution is -2.43. The highest BCUT2D eigenvalue weighted by atomic mass is 19.3. The molecule has 4 heterocycles. The van der Waals surface area contributed by atoms with Crippen molar-refractivity contribution in [3.8, 4) is 0 Å². The Morgan fingerprint density at radius 2 is 2.10 bits per heavy atom. The summed E-state index contributed by atoms with van der Waals surface area (Å²) in [6.45, 7) is 4.67. The molecule has 1 aliphatic rings. The Balaban J connectivity index is 1.56. The van der Waals surface area contributed by atoms with Gasteiger partial charge in [0.15, 0.2) is 5.65 Å². The van der Waals surface area contributed by atoms with Crippen LogP contribution in [0.4, 0.5) is 8.78 Å². The molecule has 0 radical (unpaired) electrons. The number of fused-ring (bicyclic) bond motifs is 1. The molecule has 10 heteroatoms. The second kappa shape index (κ2) is 8.80. The van der Waals surface area contributed by atoms with Crippen LogP contribution in [0.3, 0.4) is 0 Å². The summed E-state index contributed by atoms with van der Waals surface area (Å²) in [4.78, 5) is 23.5. The minimum Gasteiger partial charge on any atom is -0.379 e. The van der Waals surface area contributed by atoms with Crippen LogP contribution in [0.25, 0.3) is 5.65 Å². The third-order valence-corrected chi connectivity index (χ3v) is 5.11. The smallest absolute Gasteiger partial charge is 0.280 e. The molecule has 0 aromatic carbocycles. The molecule has 1 unspecified atom stereocenters. The maximum atomic E-state index is 13.3. The summed E-state index contributed by atoms with van der Waals surface area (Å²) in [5.41, 5.74) is 1.36. The minimum atomic E-state index is -2.72. The van der Waals surface area contributed by atoms with Crippen molar-refractivity contribution in [2.45, 2.75) is 19.4 Å². The predicted octanol–water partition coefficient (Wildman–Crippen LogP) is 2.17. The summed E-state index contributed by atoms with van der Waals surface area (Å²) in [7, 11) is 0. The largest absolute Gasteiger partial charge is 0.379 e. The van der Waals surface area contributed by atoms with E-state index in [-0.39, 0.29) is 22.9 Å². The van der Waals surface area contributed by atoms with Crippen molar-refractivity contribution in [2.75, 3.05) is 32.8 Å². The molecule has 4 rings (SSSR count). The van der Waals surface area contributed by atoms with E-state index in [1.54, 1.807) is 19.3 Å². The lowest BCUT2D eigenvalue weighted by Gasteiger charge is -2.34. The van der Waals surface area contributed by atoms with Gasteiger partial charge in [-0.3, -0.25) is 14.7 Å². The number of amides is 1. The second-order valence-corrected chi connectivity index (χ2v) is 7.08. The number of halogens is 2. The lowest BCUT2D eigenvalue weighted by molar-refractivity contribution is 0.0161. The Kier molecular flexibility index (Phi) is 5.96. The Hall–Kier alpha value is -2.98. The standard InChI is InChI=1S/C20H22F2N6O2/c1-13-9-16(18(21)22)28-19(26-13)15(11-25-28)20(29)24-12-17(14-3-2-4-23-10-14)27-5-7-30-8-6-27/h2-4,9-11,17-18H,5-8,12H2,1H3,(H,24,29). The average molecular weight is 416 g/mol. The number of rotatable bonds is 6. The van der Waals surface area contributed by atoms with Crippen molar-refractivity contribution in [2.24, 2.45) is 0 Å².